The minimum atomic E-state index is -0.515. The zero-order valence-corrected chi connectivity index (χ0v) is 12.1. The van der Waals surface area contributed by atoms with Crippen LogP contribution in [0.5, 0.6) is 0 Å². The highest BCUT2D eigenvalue weighted by molar-refractivity contribution is 7.12. The first-order valence-electron chi connectivity index (χ1n) is 5.84. The maximum Gasteiger partial charge on any atom is 0.357 e. The number of rotatable bonds is 4. The van der Waals surface area contributed by atoms with Gasteiger partial charge in [-0.3, -0.25) is 0 Å². The SMILES string of the molecule is CCOC(=O)c1csc(-n2nc(C)cc2C(=O)OC)n1. The van der Waals surface area contributed by atoms with Crippen LogP contribution in [0.3, 0.4) is 0 Å². The topological polar surface area (TPSA) is 83.3 Å². The van der Waals surface area contributed by atoms with Crippen molar-refractivity contribution in [3.63, 3.8) is 0 Å². The predicted octanol–water partition coefficient (Wildman–Crippen LogP) is 1.60. The van der Waals surface area contributed by atoms with Crippen LogP contribution in [0.1, 0.15) is 33.6 Å². The molecule has 2 heterocycles. The molecule has 20 heavy (non-hydrogen) atoms. The molecule has 0 saturated heterocycles. The number of aromatic nitrogens is 3. The molecule has 0 radical (unpaired) electrons. The van der Waals surface area contributed by atoms with E-state index in [9.17, 15) is 9.59 Å². The van der Waals surface area contributed by atoms with Crippen molar-refractivity contribution in [1.29, 1.82) is 0 Å². The number of hydrogen-bond donors (Lipinski definition) is 0. The van der Waals surface area contributed by atoms with E-state index in [2.05, 4.69) is 10.1 Å². The Hall–Kier alpha value is -2.22. The Kier molecular flexibility index (Phi) is 4.14. The van der Waals surface area contributed by atoms with Gasteiger partial charge in [-0.05, 0) is 19.9 Å². The van der Waals surface area contributed by atoms with Crippen molar-refractivity contribution < 1.29 is 19.1 Å². The van der Waals surface area contributed by atoms with Crippen LogP contribution in [0.25, 0.3) is 5.13 Å². The van der Waals surface area contributed by atoms with Gasteiger partial charge in [0.05, 0.1) is 19.4 Å². The number of aryl methyl sites for hydroxylation is 1. The van der Waals surface area contributed by atoms with Crippen LogP contribution < -0.4 is 0 Å². The lowest BCUT2D eigenvalue weighted by atomic mass is 10.4. The highest BCUT2D eigenvalue weighted by Crippen LogP contribution is 2.18. The van der Waals surface area contributed by atoms with Gasteiger partial charge in [-0.15, -0.1) is 11.3 Å². The average molecular weight is 295 g/mol. The van der Waals surface area contributed by atoms with Gasteiger partial charge in [0.15, 0.2) is 11.4 Å². The smallest absolute Gasteiger partial charge is 0.357 e. The first kappa shape index (κ1) is 14.2. The van der Waals surface area contributed by atoms with Crippen molar-refractivity contribution in [2.45, 2.75) is 13.8 Å². The molecule has 2 rings (SSSR count). The normalized spacial score (nSPS) is 10.3. The van der Waals surface area contributed by atoms with Crippen LogP contribution in [0.15, 0.2) is 11.4 Å². The number of nitrogens with zero attached hydrogens (tertiary/aromatic N) is 3. The molecule has 0 aliphatic carbocycles. The van der Waals surface area contributed by atoms with Crippen LogP contribution in [-0.2, 0) is 9.47 Å². The molecule has 106 valence electrons. The second kappa shape index (κ2) is 5.83. The van der Waals surface area contributed by atoms with Gasteiger partial charge in [0.1, 0.15) is 0 Å². The first-order chi connectivity index (χ1) is 9.56. The van der Waals surface area contributed by atoms with E-state index < -0.39 is 11.9 Å². The third kappa shape index (κ3) is 2.69. The van der Waals surface area contributed by atoms with Crippen LogP contribution >= 0.6 is 11.3 Å². The molecule has 0 bridgehead atoms. The Labute approximate surface area is 119 Å². The Morgan fingerprint density at radius 2 is 2.15 bits per heavy atom. The number of methoxy groups -OCH3 is 1. The summed E-state index contributed by atoms with van der Waals surface area (Å²) in [5.74, 6) is -1.02. The molecule has 7 nitrogen and oxygen atoms in total. The van der Waals surface area contributed by atoms with E-state index in [1.54, 1.807) is 25.3 Å². The van der Waals surface area contributed by atoms with Crippen LogP contribution in [-0.4, -0.2) is 40.4 Å². The zero-order chi connectivity index (χ0) is 14.7. The number of esters is 2. The molecule has 0 fully saturated rings. The third-order valence-electron chi connectivity index (χ3n) is 2.38. The molecule has 0 aliphatic heterocycles. The van der Waals surface area contributed by atoms with E-state index in [1.165, 1.54) is 23.1 Å². The van der Waals surface area contributed by atoms with E-state index in [0.717, 1.165) is 0 Å². The maximum atomic E-state index is 11.7. The zero-order valence-electron chi connectivity index (χ0n) is 11.2. The summed E-state index contributed by atoms with van der Waals surface area (Å²) >= 11 is 1.19. The van der Waals surface area contributed by atoms with Crippen molar-refractivity contribution in [1.82, 2.24) is 14.8 Å². The van der Waals surface area contributed by atoms with Crippen molar-refractivity contribution in [2.75, 3.05) is 13.7 Å². The molecule has 0 saturated carbocycles. The minimum absolute atomic E-state index is 0.191. The molecule has 2 aromatic rings. The Balaban J connectivity index is 2.37. The second-order valence-electron chi connectivity index (χ2n) is 3.81. The number of carbonyl (C=O) groups is 2. The number of hydrogen-bond acceptors (Lipinski definition) is 7. The van der Waals surface area contributed by atoms with Crippen molar-refractivity contribution in [3.8, 4) is 5.13 Å². The summed E-state index contributed by atoms with van der Waals surface area (Å²) < 4.78 is 10.9. The van der Waals surface area contributed by atoms with Gasteiger partial charge < -0.3 is 9.47 Å². The van der Waals surface area contributed by atoms with Gasteiger partial charge in [0, 0.05) is 5.38 Å². The molecular formula is C12H13N3O4S. The number of carbonyl (C=O) groups excluding carboxylic acids is 2. The minimum Gasteiger partial charge on any atom is -0.464 e. The monoisotopic (exact) mass is 295 g/mol. The van der Waals surface area contributed by atoms with Gasteiger partial charge in [-0.2, -0.15) is 9.78 Å². The molecule has 0 atom stereocenters. The molecular weight excluding hydrogens is 282 g/mol. The van der Waals surface area contributed by atoms with Gasteiger partial charge in [0.2, 0.25) is 5.13 Å². The van der Waals surface area contributed by atoms with Gasteiger partial charge in [-0.1, -0.05) is 0 Å². The number of ether oxygens (including phenoxy) is 2. The van der Waals surface area contributed by atoms with E-state index >= 15 is 0 Å². The summed E-state index contributed by atoms with van der Waals surface area (Å²) in [6, 6.07) is 1.59. The van der Waals surface area contributed by atoms with Crippen LogP contribution in [0, 0.1) is 6.92 Å². The summed E-state index contributed by atoms with van der Waals surface area (Å²) in [6.07, 6.45) is 0. The molecule has 0 amide bonds. The van der Waals surface area contributed by atoms with E-state index in [-0.39, 0.29) is 18.0 Å². The summed E-state index contributed by atoms with van der Waals surface area (Å²) in [4.78, 5) is 27.4. The predicted molar refractivity (Wildman–Crippen MR) is 71.3 cm³/mol. The molecule has 8 heteroatoms. The largest absolute Gasteiger partial charge is 0.464 e. The molecule has 0 aromatic carbocycles. The third-order valence-corrected chi connectivity index (χ3v) is 3.20. The fraction of sp³-hybridized carbons (Fsp3) is 0.333. The average Bonchev–Trinajstić information content (AvgIpc) is 3.04. The maximum absolute atomic E-state index is 11.7. The summed E-state index contributed by atoms with van der Waals surface area (Å²) in [7, 11) is 1.29. The molecule has 0 unspecified atom stereocenters. The van der Waals surface area contributed by atoms with Crippen LogP contribution in [0.2, 0.25) is 0 Å². The molecule has 0 aliphatic rings. The Morgan fingerprint density at radius 3 is 2.80 bits per heavy atom. The second-order valence-corrected chi connectivity index (χ2v) is 4.65. The van der Waals surface area contributed by atoms with E-state index in [4.69, 9.17) is 9.47 Å². The highest BCUT2D eigenvalue weighted by Gasteiger charge is 2.19. The Morgan fingerprint density at radius 1 is 1.40 bits per heavy atom. The van der Waals surface area contributed by atoms with Crippen molar-refractivity contribution in [2.24, 2.45) is 0 Å². The molecule has 0 spiro atoms. The molecule has 2 aromatic heterocycles. The quantitative estimate of drug-likeness (QED) is 0.797. The fourth-order valence-electron chi connectivity index (χ4n) is 1.56. The summed E-state index contributed by atoms with van der Waals surface area (Å²) in [6.45, 7) is 3.75. The summed E-state index contributed by atoms with van der Waals surface area (Å²) in [5.41, 5.74) is 1.10. The first-order valence-corrected chi connectivity index (χ1v) is 6.72. The Bertz CT molecular complexity index is 647. The summed E-state index contributed by atoms with van der Waals surface area (Å²) in [5, 5.41) is 6.15. The van der Waals surface area contributed by atoms with E-state index in [0.29, 0.717) is 10.8 Å². The lowest BCUT2D eigenvalue weighted by molar-refractivity contribution is 0.0519. The number of thiazole rings is 1. The lowest BCUT2D eigenvalue weighted by Crippen LogP contribution is -2.11. The fourth-order valence-corrected chi connectivity index (χ4v) is 2.31. The van der Waals surface area contributed by atoms with Gasteiger partial charge >= 0.3 is 11.9 Å². The van der Waals surface area contributed by atoms with E-state index in [1.807, 2.05) is 0 Å². The van der Waals surface area contributed by atoms with Crippen LogP contribution in [0.4, 0.5) is 0 Å². The van der Waals surface area contributed by atoms with Crippen molar-refractivity contribution in [3.05, 3.63) is 28.5 Å². The van der Waals surface area contributed by atoms with Gasteiger partial charge in [0.25, 0.3) is 0 Å². The van der Waals surface area contributed by atoms with Crippen molar-refractivity contribution >= 4 is 23.3 Å². The highest BCUT2D eigenvalue weighted by atomic mass is 32.1. The lowest BCUT2D eigenvalue weighted by Gasteiger charge is -2.01. The molecule has 0 N–H and O–H groups in total. The standard InChI is InChI=1S/C12H13N3O4S/c1-4-19-10(16)8-6-20-12(13-8)15-9(11(17)18-3)5-7(2)14-15/h5-6H,4H2,1-3H3. The van der Waals surface area contributed by atoms with Gasteiger partial charge in [-0.25, -0.2) is 14.6 Å².